The monoisotopic (exact) mass is 486 g/mol. The summed E-state index contributed by atoms with van der Waals surface area (Å²) in [4.78, 5) is 12.9. The molecule has 180 valence electrons. The number of aryl methyl sites for hydroxylation is 3. The van der Waals surface area contributed by atoms with Crippen LogP contribution in [0.15, 0.2) is 59.5 Å². The third-order valence-electron chi connectivity index (χ3n) is 5.29. The summed E-state index contributed by atoms with van der Waals surface area (Å²) in [6.07, 6.45) is 0. The highest BCUT2D eigenvalue weighted by Crippen LogP contribution is 2.32. The van der Waals surface area contributed by atoms with Crippen molar-refractivity contribution in [3.63, 3.8) is 0 Å². The molecule has 0 aliphatic carbocycles. The Balaban J connectivity index is 2.01. The molecule has 0 aliphatic heterocycles. The van der Waals surface area contributed by atoms with Gasteiger partial charge in [-0.3, -0.25) is 9.10 Å². The zero-order chi connectivity index (χ0) is 25.0. The molecular weight excluding hydrogens is 459 g/mol. The summed E-state index contributed by atoms with van der Waals surface area (Å²) in [7, 11) is -1.39. The van der Waals surface area contributed by atoms with Crippen molar-refractivity contribution < 1.29 is 27.1 Å². The lowest BCUT2D eigenvalue weighted by Gasteiger charge is -2.25. The van der Waals surface area contributed by atoms with E-state index in [0.29, 0.717) is 11.4 Å². The molecule has 1 amide bonds. The van der Waals surface area contributed by atoms with Crippen LogP contribution in [0.25, 0.3) is 0 Å². The van der Waals surface area contributed by atoms with Crippen molar-refractivity contribution in [1.29, 1.82) is 0 Å². The molecule has 0 spiro atoms. The Morgan fingerprint density at radius 1 is 0.912 bits per heavy atom. The number of nitrogens with zero attached hydrogens (tertiary/aromatic N) is 1. The zero-order valence-corrected chi connectivity index (χ0v) is 20.5. The van der Waals surface area contributed by atoms with E-state index in [2.05, 4.69) is 5.32 Å². The lowest BCUT2D eigenvalue weighted by Crippen LogP contribution is -2.38. The fourth-order valence-corrected chi connectivity index (χ4v) is 5.15. The van der Waals surface area contributed by atoms with E-state index < -0.39 is 28.3 Å². The van der Waals surface area contributed by atoms with Crippen LogP contribution in [0.5, 0.6) is 11.5 Å². The van der Waals surface area contributed by atoms with Crippen LogP contribution in [0.2, 0.25) is 0 Å². The van der Waals surface area contributed by atoms with E-state index in [4.69, 9.17) is 9.47 Å². The zero-order valence-electron chi connectivity index (χ0n) is 19.7. The highest BCUT2D eigenvalue weighted by molar-refractivity contribution is 7.92. The minimum atomic E-state index is -4.22. The van der Waals surface area contributed by atoms with Crippen molar-refractivity contribution in [1.82, 2.24) is 0 Å². The van der Waals surface area contributed by atoms with Crippen LogP contribution in [0.4, 0.5) is 15.8 Å². The molecule has 0 fully saturated rings. The number of benzene rings is 3. The Hall–Kier alpha value is -3.59. The number of nitrogens with one attached hydrogen (secondary N) is 1. The second-order valence-electron chi connectivity index (χ2n) is 7.83. The largest absolute Gasteiger partial charge is 0.493 e. The normalized spacial score (nSPS) is 11.1. The van der Waals surface area contributed by atoms with Crippen LogP contribution in [-0.4, -0.2) is 35.1 Å². The van der Waals surface area contributed by atoms with Gasteiger partial charge in [0.15, 0.2) is 11.5 Å². The van der Waals surface area contributed by atoms with Gasteiger partial charge in [-0.05, 0) is 68.3 Å². The minimum Gasteiger partial charge on any atom is -0.493 e. The van der Waals surface area contributed by atoms with Gasteiger partial charge in [-0.1, -0.05) is 17.7 Å². The van der Waals surface area contributed by atoms with Crippen molar-refractivity contribution in [3.05, 3.63) is 77.1 Å². The third-order valence-corrected chi connectivity index (χ3v) is 7.06. The van der Waals surface area contributed by atoms with Crippen molar-refractivity contribution in [2.24, 2.45) is 0 Å². The van der Waals surface area contributed by atoms with Crippen molar-refractivity contribution >= 4 is 27.3 Å². The van der Waals surface area contributed by atoms with Crippen LogP contribution in [0, 0.1) is 26.6 Å². The Morgan fingerprint density at radius 3 is 2.06 bits per heavy atom. The predicted octanol–water partition coefficient (Wildman–Crippen LogP) is 4.60. The highest BCUT2D eigenvalue weighted by Gasteiger charge is 2.28. The van der Waals surface area contributed by atoms with Gasteiger partial charge < -0.3 is 14.8 Å². The molecule has 3 rings (SSSR count). The predicted molar refractivity (Wildman–Crippen MR) is 130 cm³/mol. The summed E-state index contributed by atoms with van der Waals surface area (Å²) in [5.41, 5.74) is 3.54. The van der Waals surface area contributed by atoms with Crippen molar-refractivity contribution in [3.8, 4) is 11.5 Å². The van der Waals surface area contributed by atoms with Gasteiger partial charge in [0.1, 0.15) is 12.4 Å². The molecule has 3 aromatic rings. The second kappa shape index (κ2) is 10.1. The van der Waals surface area contributed by atoms with Gasteiger partial charge in [0.2, 0.25) is 5.91 Å². The van der Waals surface area contributed by atoms with E-state index >= 15 is 0 Å². The first-order chi connectivity index (χ1) is 16.1. The van der Waals surface area contributed by atoms with Crippen LogP contribution >= 0.6 is 0 Å². The maximum absolute atomic E-state index is 13.6. The van der Waals surface area contributed by atoms with Gasteiger partial charge in [0.25, 0.3) is 10.0 Å². The average molecular weight is 487 g/mol. The number of methoxy groups -OCH3 is 2. The molecule has 0 aromatic heterocycles. The standard InChI is InChI=1S/C25H27FN2O5S/c1-16-12-17(2)25(18(3)13-16)27-24(29)15-28(20-8-6-19(26)7-9-20)34(30,31)21-10-11-22(32-4)23(14-21)33-5/h6-14H,15H2,1-5H3,(H,27,29). The average Bonchev–Trinajstić information content (AvgIpc) is 2.80. The van der Waals surface area contributed by atoms with Crippen LogP contribution in [-0.2, 0) is 14.8 Å². The van der Waals surface area contributed by atoms with Gasteiger partial charge in [-0.25, -0.2) is 12.8 Å². The van der Waals surface area contributed by atoms with E-state index in [1.165, 1.54) is 44.6 Å². The van der Waals surface area contributed by atoms with Gasteiger partial charge in [-0.2, -0.15) is 0 Å². The smallest absolute Gasteiger partial charge is 0.264 e. The molecule has 0 unspecified atom stereocenters. The lowest BCUT2D eigenvalue weighted by atomic mass is 10.1. The molecule has 3 aromatic carbocycles. The number of carbonyl (C=O) groups excluding carboxylic acids is 1. The molecule has 9 heteroatoms. The van der Waals surface area contributed by atoms with Gasteiger partial charge in [0, 0.05) is 11.8 Å². The molecule has 0 aliphatic rings. The van der Waals surface area contributed by atoms with Crippen LogP contribution in [0.1, 0.15) is 16.7 Å². The summed E-state index contributed by atoms with van der Waals surface area (Å²) in [6.45, 7) is 5.17. The number of carbonyl (C=O) groups is 1. The summed E-state index contributed by atoms with van der Waals surface area (Å²) < 4.78 is 52.1. The maximum atomic E-state index is 13.6. The van der Waals surface area contributed by atoms with Gasteiger partial charge in [-0.15, -0.1) is 0 Å². The molecule has 0 radical (unpaired) electrons. The summed E-state index contributed by atoms with van der Waals surface area (Å²) in [6, 6.07) is 12.9. The summed E-state index contributed by atoms with van der Waals surface area (Å²) in [5.74, 6) is -0.484. The molecule has 0 atom stereocenters. The Labute approximate surface area is 199 Å². The quantitative estimate of drug-likeness (QED) is 0.503. The topological polar surface area (TPSA) is 84.9 Å². The summed E-state index contributed by atoms with van der Waals surface area (Å²) >= 11 is 0. The molecule has 7 nitrogen and oxygen atoms in total. The minimum absolute atomic E-state index is 0.107. The first-order valence-corrected chi connectivity index (χ1v) is 11.9. The second-order valence-corrected chi connectivity index (χ2v) is 9.69. The molecule has 0 bridgehead atoms. The Bertz CT molecular complexity index is 1280. The number of hydrogen-bond acceptors (Lipinski definition) is 5. The lowest BCUT2D eigenvalue weighted by molar-refractivity contribution is -0.114. The first-order valence-electron chi connectivity index (χ1n) is 10.4. The fourth-order valence-electron chi connectivity index (χ4n) is 3.71. The number of amides is 1. The Morgan fingerprint density at radius 2 is 1.50 bits per heavy atom. The van der Waals surface area contributed by atoms with Crippen molar-refractivity contribution in [2.75, 3.05) is 30.4 Å². The van der Waals surface area contributed by atoms with Crippen LogP contribution in [0.3, 0.4) is 0 Å². The maximum Gasteiger partial charge on any atom is 0.264 e. The highest BCUT2D eigenvalue weighted by atomic mass is 32.2. The molecule has 34 heavy (non-hydrogen) atoms. The molecule has 0 saturated heterocycles. The molecule has 0 heterocycles. The fraction of sp³-hybridized carbons (Fsp3) is 0.240. The number of anilines is 2. The number of halogens is 1. The SMILES string of the molecule is COc1ccc(S(=O)(=O)N(CC(=O)Nc2c(C)cc(C)cc2C)c2ccc(F)cc2)cc1OC. The number of rotatable bonds is 8. The van der Waals surface area contributed by atoms with E-state index in [9.17, 15) is 17.6 Å². The number of hydrogen-bond donors (Lipinski definition) is 1. The van der Waals surface area contributed by atoms with E-state index in [0.717, 1.165) is 33.1 Å². The molecular formula is C25H27FN2O5S. The molecule has 1 N–H and O–H groups in total. The first kappa shape index (κ1) is 25.0. The van der Waals surface area contributed by atoms with Crippen molar-refractivity contribution in [2.45, 2.75) is 25.7 Å². The number of sulfonamides is 1. The molecule has 0 saturated carbocycles. The van der Waals surface area contributed by atoms with Crippen LogP contribution < -0.4 is 19.1 Å². The third kappa shape index (κ3) is 5.31. The summed E-state index contributed by atoms with van der Waals surface area (Å²) in [5, 5.41) is 2.82. The van der Waals surface area contributed by atoms with E-state index in [1.54, 1.807) is 0 Å². The van der Waals surface area contributed by atoms with Gasteiger partial charge >= 0.3 is 0 Å². The Kier molecular flexibility index (Phi) is 7.46. The number of ether oxygens (including phenoxy) is 2. The van der Waals surface area contributed by atoms with Gasteiger partial charge in [0.05, 0.1) is 24.8 Å². The van der Waals surface area contributed by atoms with E-state index in [1.807, 2.05) is 32.9 Å². The van der Waals surface area contributed by atoms with E-state index in [-0.39, 0.29) is 16.3 Å².